The lowest BCUT2D eigenvalue weighted by Gasteiger charge is -2.11. The highest BCUT2D eigenvalue weighted by Crippen LogP contribution is 2.28. The summed E-state index contributed by atoms with van der Waals surface area (Å²) >= 11 is 1.59. The minimum Gasteiger partial charge on any atom is -0.287 e. The Labute approximate surface area is 152 Å². The number of aromatic nitrogens is 2. The standard InChI is InChI=1S/C18H21N3O2S2/c1-20(2)25(22,23)14-8-13-24-18-19-16-11-6-7-12-17(16)21(18)15-9-4-3-5-10-15/h3-7,9-12H,8,13-14H2,1-2H3. The van der Waals surface area contributed by atoms with E-state index in [4.69, 9.17) is 4.98 Å². The molecule has 0 atom stereocenters. The van der Waals surface area contributed by atoms with Crippen LogP contribution in [0.25, 0.3) is 16.7 Å². The van der Waals surface area contributed by atoms with E-state index < -0.39 is 10.0 Å². The van der Waals surface area contributed by atoms with E-state index in [-0.39, 0.29) is 5.75 Å². The van der Waals surface area contributed by atoms with Crippen LogP contribution >= 0.6 is 11.8 Å². The van der Waals surface area contributed by atoms with Gasteiger partial charge in [-0.25, -0.2) is 17.7 Å². The van der Waals surface area contributed by atoms with Crippen LogP contribution in [0.4, 0.5) is 0 Å². The Morgan fingerprint density at radius 2 is 1.72 bits per heavy atom. The molecule has 0 aliphatic carbocycles. The highest BCUT2D eigenvalue weighted by molar-refractivity contribution is 7.99. The maximum atomic E-state index is 11.9. The molecule has 0 bridgehead atoms. The molecule has 3 rings (SSSR count). The van der Waals surface area contributed by atoms with Crippen LogP contribution in [-0.4, -0.2) is 47.9 Å². The molecular formula is C18H21N3O2S2. The number of hydrogen-bond donors (Lipinski definition) is 0. The van der Waals surface area contributed by atoms with Gasteiger partial charge in [0.05, 0.1) is 16.8 Å². The van der Waals surface area contributed by atoms with E-state index >= 15 is 0 Å². The van der Waals surface area contributed by atoms with Gasteiger partial charge in [0.2, 0.25) is 10.0 Å². The van der Waals surface area contributed by atoms with Crippen molar-refractivity contribution in [3.8, 4) is 5.69 Å². The van der Waals surface area contributed by atoms with Crippen molar-refractivity contribution in [2.24, 2.45) is 0 Å². The topological polar surface area (TPSA) is 55.2 Å². The second-order valence-corrected chi connectivity index (χ2v) is 9.22. The Balaban J connectivity index is 1.82. The molecular weight excluding hydrogens is 354 g/mol. The first kappa shape index (κ1) is 18.0. The monoisotopic (exact) mass is 375 g/mol. The average Bonchev–Trinajstić information content (AvgIpc) is 2.97. The fourth-order valence-electron chi connectivity index (χ4n) is 2.51. The fourth-order valence-corrected chi connectivity index (χ4v) is 4.54. The maximum absolute atomic E-state index is 11.9. The summed E-state index contributed by atoms with van der Waals surface area (Å²) in [6.07, 6.45) is 0.586. The first-order valence-corrected chi connectivity index (χ1v) is 10.6. The summed E-state index contributed by atoms with van der Waals surface area (Å²) in [5.74, 6) is 0.849. The van der Waals surface area contributed by atoms with E-state index in [9.17, 15) is 8.42 Å². The summed E-state index contributed by atoms with van der Waals surface area (Å²) < 4.78 is 27.1. The minimum absolute atomic E-state index is 0.151. The minimum atomic E-state index is -3.15. The molecule has 25 heavy (non-hydrogen) atoms. The lowest BCUT2D eigenvalue weighted by atomic mass is 10.3. The molecule has 0 N–H and O–H groups in total. The van der Waals surface area contributed by atoms with E-state index in [2.05, 4.69) is 22.8 Å². The molecule has 0 aliphatic rings. The number of nitrogens with zero attached hydrogens (tertiary/aromatic N) is 3. The van der Waals surface area contributed by atoms with Crippen molar-refractivity contribution < 1.29 is 8.42 Å². The molecule has 0 amide bonds. The van der Waals surface area contributed by atoms with Crippen LogP contribution in [0.3, 0.4) is 0 Å². The first-order valence-electron chi connectivity index (χ1n) is 8.05. The number of imidazole rings is 1. The number of rotatable bonds is 7. The smallest absolute Gasteiger partial charge is 0.213 e. The van der Waals surface area contributed by atoms with Crippen molar-refractivity contribution in [2.75, 3.05) is 25.6 Å². The number of benzene rings is 2. The summed E-state index contributed by atoms with van der Waals surface area (Å²) in [7, 11) is -0.0132. The fraction of sp³-hybridized carbons (Fsp3) is 0.278. The lowest BCUT2D eigenvalue weighted by Crippen LogP contribution is -2.25. The van der Waals surface area contributed by atoms with Gasteiger partial charge >= 0.3 is 0 Å². The highest BCUT2D eigenvalue weighted by atomic mass is 32.2. The van der Waals surface area contributed by atoms with Crippen LogP contribution < -0.4 is 0 Å². The van der Waals surface area contributed by atoms with Crippen molar-refractivity contribution in [3.63, 3.8) is 0 Å². The molecule has 3 aromatic rings. The van der Waals surface area contributed by atoms with Gasteiger partial charge in [0.1, 0.15) is 0 Å². The largest absolute Gasteiger partial charge is 0.287 e. The van der Waals surface area contributed by atoms with Crippen molar-refractivity contribution in [3.05, 3.63) is 54.6 Å². The maximum Gasteiger partial charge on any atom is 0.213 e. The van der Waals surface area contributed by atoms with E-state index in [1.165, 1.54) is 4.31 Å². The van der Waals surface area contributed by atoms with Gasteiger partial charge in [-0.15, -0.1) is 0 Å². The third-order valence-corrected chi connectivity index (χ3v) is 6.82. The average molecular weight is 376 g/mol. The molecule has 0 saturated carbocycles. The SMILES string of the molecule is CN(C)S(=O)(=O)CCCSc1nc2ccccc2n1-c1ccccc1. The van der Waals surface area contributed by atoms with E-state index in [1.54, 1.807) is 25.9 Å². The van der Waals surface area contributed by atoms with Crippen LogP contribution in [-0.2, 0) is 10.0 Å². The molecule has 7 heteroatoms. The van der Waals surface area contributed by atoms with E-state index in [0.29, 0.717) is 12.2 Å². The number of fused-ring (bicyclic) bond motifs is 1. The van der Waals surface area contributed by atoms with Gasteiger partial charge < -0.3 is 0 Å². The van der Waals surface area contributed by atoms with Gasteiger partial charge in [0.15, 0.2) is 5.16 Å². The van der Waals surface area contributed by atoms with Gasteiger partial charge in [0.25, 0.3) is 0 Å². The Morgan fingerprint density at radius 1 is 1.04 bits per heavy atom. The van der Waals surface area contributed by atoms with E-state index in [0.717, 1.165) is 21.9 Å². The van der Waals surface area contributed by atoms with Gasteiger partial charge in [-0.2, -0.15) is 0 Å². The van der Waals surface area contributed by atoms with Crippen molar-refractivity contribution in [1.82, 2.24) is 13.9 Å². The molecule has 0 spiro atoms. The second kappa shape index (κ2) is 7.59. The zero-order valence-electron chi connectivity index (χ0n) is 14.3. The number of sulfonamides is 1. The van der Waals surface area contributed by atoms with Crippen LogP contribution in [0.1, 0.15) is 6.42 Å². The lowest BCUT2D eigenvalue weighted by molar-refractivity contribution is 0.520. The van der Waals surface area contributed by atoms with Gasteiger partial charge in [0, 0.05) is 25.5 Å². The quantitative estimate of drug-likeness (QED) is 0.469. The van der Waals surface area contributed by atoms with Crippen LogP contribution in [0.2, 0.25) is 0 Å². The van der Waals surface area contributed by atoms with Crippen LogP contribution in [0.5, 0.6) is 0 Å². The molecule has 5 nitrogen and oxygen atoms in total. The van der Waals surface area contributed by atoms with Crippen molar-refractivity contribution in [2.45, 2.75) is 11.6 Å². The zero-order valence-corrected chi connectivity index (χ0v) is 15.9. The molecule has 0 unspecified atom stereocenters. The summed E-state index contributed by atoms with van der Waals surface area (Å²) in [4.78, 5) is 4.72. The van der Waals surface area contributed by atoms with E-state index in [1.807, 2.05) is 36.4 Å². The molecule has 2 aromatic carbocycles. The predicted octanol–water partition coefficient (Wildman–Crippen LogP) is 3.40. The van der Waals surface area contributed by atoms with Crippen LogP contribution in [0.15, 0.2) is 59.8 Å². The number of para-hydroxylation sites is 3. The zero-order chi connectivity index (χ0) is 17.9. The summed E-state index contributed by atoms with van der Waals surface area (Å²) in [5, 5.41) is 0.884. The number of thioether (sulfide) groups is 1. The second-order valence-electron chi connectivity index (χ2n) is 5.85. The Morgan fingerprint density at radius 3 is 2.44 bits per heavy atom. The van der Waals surface area contributed by atoms with Crippen molar-refractivity contribution >= 4 is 32.8 Å². The highest BCUT2D eigenvalue weighted by Gasteiger charge is 2.15. The third-order valence-electron chi connectivity index (χ3n) is 3.88. The van der Waals surface area contributed by atoms with Crippen molar-refractivity contribution in [1.29, 1.82) is 0 Å². The molecule has 132 valence electrons. The van der Waals surface area contributed by atoms with Crippen LogP contribution in [0, 0.1) is 0 Å². The molecule has 1 aromatic heterocycles. The Kier molecular flexibility index (Phi) is 5.46. The van der Waals surface area contributed by atoms with Gasteiger partial charge in [-0.1, -0.05) is 42.1 Å². The molecule has 0 saturated heterocycles. The van der Waals surface area contributed by atoms with Gasteiger partial charge in [-0.3, -0.25) is 4.57 Å². The summed E-state index contributed by atoms with van der Waals surface area (Å²) in [6, 6.07) is 18.1. The molecule has 1 heterocycles. The molecule has 0 aliphatic heterocycles. The summed E-state index contributed by atoms with van der Waals surface area (Å²) in [6.45, 7) is 0. The Bertz CT molecular complexity index is 951. The molecule has 0 radical (unpaired) electrons. The van der Waals surface area contributed by atoms with Gasteiger partial charge in [-0.05, 0) is 30.7 Å². The number of hydrogen-bond acceptors (Lipinski definition) is 4. The Hall–Kier alpha value is -1.83. The molecule has 0 fully saturated rings. The predicted molar refractivity (Wildman–Crippen MR) is 104 cm³/mol. The summed E-state index contributed by atoms with van der Waals surface area (Å²) in [5.41, 5.74) is 3.05. The normalized spacial score (nSPS) is 12.1. The third kappa shape index (κ3) is 4.05. The first-order chi connectivity index (χ1) is 12.0.